The highest BCUT2D eigenvalue weighted by atomic mass is 35.5. The number of nitrogens with zero attached hydrogens (tertiary/aromatic N) is 3. The monoisotopic (exact) mass is 375 g/mol. The first-order valence-corrected chi connectivity index (χ1v) is 8.95. The Hall–Kier alpha value is -2.38. The number of carbonyl (C=O) groups excluding carboxylic acids is 1. The lowest BCUT2D eigenvalue weighted by Crippen LogP contribution is -2.37. The van der Waals surface area contributed by atoms with Crippen molar-refractivity contribution in [1.29, 1.82) is 0 Å². The molecular weight excluding hydrogens is 354 g/mol. The van der Waals surface area contributed by atoms with E-state index < -0.39 is 0 Å². The minimum absolute atomic E-state index is 0.128. The highest BCUT2D eigenvalue weighted by molar-refractivity contribution is 6.30. The number of anilines is 2. The molecule has 2 heterocycles. The first kappa shape index (κ1) is 18.4. The zero-order valence-electron chi connectivity index (χ0n) is 14.7. The van der Waals surface area contributed by atoms with Gasteiger partial charge in [-0.1, -0.05) is 11.6 Å². The Kier molecular flexibility index (Phi) is 6.25. The van der Waals surface area contributed by atoms with Crippen LogP contribution in [-0.4, -0.2) is 55.3 Å². The van der Waals surface area contributed by atoms with Crippen LogP contribution < -0.4 is 15.5 Å². The Morgan fingerprint density at radius 1 is 1.19 bits per heavy atom. The first-order valence-electron chi connectivity index (χ1n) is 8.58. The molecule has 26 heavy (non-hydrogen) atoms. The fourth-order valence-corrected chi connectivity index (χ4v) is 2.79. The second-order valence-electron chi connectivity index (χ2n) is 5.95. The van der Waals surface area contributed by atoms with Crippen LogP contribution >= 0.6 is 11.6 Å². The summed E-state index contributed by atoms with van der Waals surface area (Å²) in [6.07, 6.45) is 0. The molecule has 1 aliphatic rings. The molecule has 1 amide bonds. The lowest BCUT2D eigenvalue weighted by Gasteiger charge is -2.28. The third-order valence-electron chi connectivity index (χ3n) is 3.98. The number of ether oxygens (including phenoxy) is 1. The van der Waals surface area contributed by atoms with Crippen molar-refractivity contribution >= 4 is 29.1 Å². The molecule has 2 aromatic rings. The molecule has 1 saturated heterocycles. The van der Waals surface area contributed by atoms with Crippen molar-refractivity contribution in [3.63, 3.8) is 0 Å². The molecule has 0 bridgehead atoms. The van der Waals surface area contributed by atoms with E-state index in [0.29, 0.717) is 42.7 Å². The summed E-state index contributed by atoms with van der Waals surface area (Å²) in [5.41, 5.74) is 0.585. The van der Waals surface area contributed by atoms with E-state index in [-0.39, 0.29) is 5.91 Å². The van der Waals surface area contributed by atoms with Gasteiger partial charge in [-0.3, -0.25) is 4.79 Å². The quantitative estimate of drug-likeness (QED) is 0.753. The van der Waals surface area contributed by atoms with Crippen LogP contribution in [0, 0.1) is 6.92 Å². The van der Waals surface area contributed by atoms with Gasteiger partial charge >= 0.3 is 0 Å². The number of nitrogens with one attached hydrogen (secondary N) is 2. The molecular formula is C18H22ClN5O2. The molecule has 0 radical (unpaired) electrons. The SMILES string of the molecule is Cc1nc(NCCNC(=O)c2ccc(Cl)cc2)cc(N2CCOCC2)n1. The van der Waals surface area contributed by atoms with E-state index in [1.165, 1.54) is 0 Å². The van der Waals surface area contributed by atoms with Crippen LogP contribution in [0.15, 0.2) is 30.3 Å². The molecule has 0 unspecified atom stereocenters. The van der Waals surface area contributed by atoms with Crippen LogP contribution in [0.3, 0.4) is 0 Å². The molecule has 0 aliphatic carbocycles. The van der Waals surface area contributed by atoms with Gasteiger partial charge < -0.3 is 20.3 Å². The third kappa shape index (κ3) is 5.06. The van der Waals surface area contributed by atoms with Crippen LogP contribution in [0.2, 0.25) is 5.02 Å². The van der Waals surface area contributed by atoms with Crippen molar-refractivity contribution < 1.29 is 9.53 Å². The zero-order valence-corrected chi connectivity index (χ0v) is 15.4. The average molecular weight is 376 g/mol. The van der Waals surface area contributed by atoms with Gasteiger partial charge in [0.05, 0.1) is 13.2 Å². The fraction of sp³-hybridized carbons (Fsp3) is 0.389. The maximum absolute atomic E-state index is 12.1. The van der Waals surface area contributed by atoms with Gasteiger partial charge in [0.1, 0.15) is 17.5 Å². The van der Waals surface area contributed by atoms with Gasteiger partial charge in [0.15, 0.2) is 0 Å². The van der Waals surface area contributed by atoms with Crippen molar-refractivity contribution in [3.05, 3.63) is 46.7 Å². The predicted molar refractivity (Wildman–Crippen MR) is 102 cm³/mol. The van der Waals surface area contributed by atoms with Crippen molar-refractivity contribution in [3.8, 4) is 0 Å². The summed E-state index contributed by atoms with van der Waals surface area (Å²) >= 11 is 5.83. The minimum atomic E-state index is -0.128. The van der Waals surface area contributed by atoms with E-state index >= 15 is 0 Å². The zero-order chi connectivity index (χ0) is 18.4. The number of aryl methyl sites for hydroxylation is 1. The van der Waals surface area contributed by atoms with Crippen LogP contribution in [0.5, 0.6) is 0 Å². The van der Waals surface area contributed by atoms with Gasteiger partial charge in [-0.05, 0) is 31.2 Å². The molecule has 138 valence electrons. The summed E-state index contributed by atoms with van der Waals surface area (Å²) in [6, 6.07) is 8.73. The molecule has 8 heteroatoms. The summed E-state index contributed by atoms with van der Waals surface area (Å²) < 4.78 is 5.38. The highest BCUT2D eigenvalue weighted by Crippen LogP contribution is 2.17. The Labute approximate surface area is 157 Å². The second-order valence-corrected chi connectivity index (χ2v) is 6.38. The summed E-state index contributed by atoms with van der Waals surface area (Å²) in [4.78, 5) is 23.1. The number of halogens is 1. The van der Waals surface area contributed by atoms with Gasteiger partial charge in [0.2, 0.25) is 0 Å². The van der Waals surface area contributed by atoms with E-state index in [9.17, 15) is 4.79 Å². The van der Waals surface area contributed by atoms with Gasteiger partial charge in [0, 0.05) is 42.8 Å². The van der Waals surface area contributed by atoms with Gasteiger partial charge in [0.25, 0.3) is 5.91 Å². The molecule has 7 nitrogen and oxygen atoms in total. The highest BCUT2D eigenvalue weighted by Gasteiger charge is 2.14. The molecule has 0 saturated carbocycles. The Balaban J connectivity index is 1.50. The predicted octanol–water partition coefficient (Wildman–Crippen LogP) is 2.12. The molecule has 1 fully saturated rings. The van der Waals surface area contributed by atoms with Gasteiger partial charge in [-0.25, -0.2) is 9.97 Å². The normalized spacial score (nSPS) is 14.2. The Morgan fingerprint density at radius 3 is 2.65 bits per heavy atom. The summed E-state index contributed by atoms with van der Waals surface area (Å²) in [5.74, 6) is 2.23. The van der Waals surface area contributed by atoms with E-state index in [1.54, 1.807) is 24.3 Å². The fourth-order valence-electron chi connectivity index (χ4n) is 2.67. The lowest BCUT2D eigenvalue weighted by atomic mass is 10.2. The summed E-state index contributed by atoms with van der Waals surface area (Å²) in [5, 5.41) is 6.71. The van der Waals surface area contributed by atoms with E-state index in [1.807, 2.05) is 13.0 Å². The van der Waals surface area contributed by atoms with E-state index in [4.69, 9.17) is 16.3 Å². The largest absolute Gasteiger partial charge is 0.378 e. The average Bonchev–Trinajstić information content (AvgIpc) is 2.66. The number of hydrogen-bond donors (Lipinski definition) is 2. The first-order chi connectivity index (χ1) is 12.6. The van der Waals surface area contributed by atoms with Crippen molar-refractivity contribution in [2.45, 2.75) is 6.92 Å². The maximum atomic E-state index is 12.1. The minimum Gasteiger partial charge on any atom is -0.378 e. The molecule has 1 aromatic heterocycles. The number of hydrogen-bond acceptors (Lipinski definition) is 6. The molecule has 3 rings (SSSR count). The number of rotatable bonds is 6. The van der Waals surface area contributed by atoms with Crippen molar-refractivity contribution in [1.82, 2.24) is 15.3 Å². The number of amides is 1. The summed E-state index contributed by atoms with van der Waals surface area (Å²) in [6.45, 7) is 6.00. The Bertz CT molecular complexity index is 748. The van der Waals surface area contributed by atoms with Gasteiger partial charge in [-0.15, -0.1) is 0 Å². The number of morpholine rings is 1. The van der Waals surface area contributed by atoms with Crippen LogP contribution in [0.4, 0.5) is 11.6 Å². The molecule has 1 aromatic carbocycles. The number of aromatic nitrogens is 2. The standard InChI is InChI=1S/C18H22ClN5O2/c1-13-22-16(12-17(23-13)24-8-10-26-11-9-24)20-6-7-21-18(25)14-2-4-15(19)5-3-14/h2-5,12H,6-11H2,1H3,(H,21,25)(H,20,22,23). The summed E-state index contributed by atoms with van der Waals surface area (Å²) in [7, 11) is 0. The van der Waals surface area contributed by atoms with Crippen LogP contribution in [-0.2, 0) is 4.74 Å². The topological polar surface area (TPSA) is 79.4 Å². The molecule has 0 atom stereocenters. The lowest BCUT2D eigenvalue weighted by molar-refractivity contribution is 0.0955. The Morgan fingerprint density at radius 2 is 1.92 bits per heavy atom. The molecule has 0 spiro atoms. The second kappa shape index (κ2) is 8.82. The van der Waals surface area contributed by atoms with Crippen LogP contribution in [0.1, 0.15) is 16.2 Å². The number of benzene rings is 1. The smallest absolute Gasteiger partial charge is 0.251 e. The van der Waals surface area contributed by atoms with Gasteiger partial charge in [-0.2, -0.15) is 0 Å². The van der Waals surface area contributed by atoms with Crippen molar-refractivity contribution in [2.24, 2.45) is 0 Å². The maximum Gasteiger partial charge on any atom is 0.251 e. The van der Waals surface area contributed by atoms with Crippen molar-refractivity contribution in [2.75, 3.05) is 49.6 Å². The van der Waals surface area contributed by atoms with E-state index in [0.717, 1.165) is 24.7 Å². The number of carbonyl (C=O) groups is 1. The van der Waals surface area contributed by atoms with Crippen LogP contribution in [0.25, 0.3) is 0 Å². The molecule has 2 N–H and O–H groups in total. The van der Waals surface area contributed by atoms with E-state index in [2.05, 4.69) is 25.5 Å². The molecule has 1 aliphatic heterocycles. The third-order valence-corrected chi connectivity index (χ3v) is 4.23.